The van der Waals surface area contributed by atoms with Crippen LogP contribution in [0.2, 0.25) is 0 Å². The molecule has 1 N–H and O–H groups in total. The minimum atomic E-state index is -1.23. The Labute approximate surface area is 337 Å². The highest BCUT2D eigenvalue weighted by atomic mass is 16.7. The van der Waals surface area contributed by atoms with E-state index in [1.165, 1.54) is 12.5 Å². The molecular weight excluding hydrogens is 727 g/mol. The van der Waals surface area contributed by atoms with Crippen LogP contribution in [0, 0.1) is 42.4 Å². The summed E-state index contributed by atoms with van der Waals surface area (Å²) in [6, 6.07) is 11.6. The molecule has 2 bridgehead atoms. The van der Waals surface area contributed by atoms with Crippen molar-refractivity contribution < 1.29 is 43.2 Å². The van der Waals surface area contributed by atoms with Crippen LogP contribution in [-0.2, 0) is 33.3 Å². The molecule has 57 heavy (non-hydrogen) atoms. The lowest BCUT2D eigenvalue weighted by molar-refractivity contribution is -0.296. The molecular formula is C45H61N3O9. The van der Waals surface area contributed by atoms with Crippen molar-refractivity contribution in [3.8, 4) is 11.8 Å². The number of cyclic esters (lactones) is 1. The molecule has 310 valence electrons. The summed E-state index contributed by atoms with van der Waals surface area (Å²) in [6.45, 7) is 17.5. The quantitative estimate of drug-likeness (QED) is 0.233. The third-order valence-electron chi connectivity index (χ3n) is 12.9. The number of aliphatic hydroxyl groups is 1. The lowest BCUT2D eigenvalue weighted by Crippen LogP contribution is -2.60. The molecule has 3 fully saturated rings. The second-order valence-corrected chi connectivity index (χ2v) is 17.5. The maximum atomic E-state index is 14.5. The number of Topliss-reactive ketones (excluding diaryl/α,β-unsaturated/α-hetero) is 1. The number of hydrogen-bond donors (Lipinski definition) is 1. The molecule has 2 aromatic carbocycles. The maximum absolute atomic E-state index is 14.5. The van der Waals surface area contributed by atoms with Crippen LogP contribution in [0.25, 0.3) is 10.8 Å². The van der Waals surface area contributed by atoms with Crippen LogP contribution >= 0.6 is 0 Å². The van der Waals surface area contributed by atoms with Gasteiger partial charge in [-0.1, -0.05) is 62.4 Å². The first-order valence-corrected chi connectivity index (χ1v) is 20.4. The number of carbonyl (C=O) groups is 3. The standard InChI is InChI=1S/C45H61N3O9/c1-25-14-16-34-23-32(15-17-33(34)21-25)13-12-20-53-44(8)24-26(2)36-28(4)39-45(9,57-43(52)48(39)19-18-46-36)31(7)55-41(51)30(6)37(49)29(5)40(44)56-42-38(50)35(47(10)11)22-27(3)54-42/h14-17,21,23,26-31,35,38-40,42,50H,18-20,22,24H2,1-11H3/t26-,27+,28+,29+,30-,31-,35-,38?,39-,40-,42-,44+,45-/m1/s1. The van der Waals surface area contributed by atoms with Gasteiger partial charge in [0.15, 0.2) is 17.7 Å². The van der Waals surface area contributed by atoms with Crippen molar-refractivity contribution in [1.82, 2.24) is 9.80 Å². The average molecular weight is 788 g/mol. The van der Waals surface area contributed by atoms with E-state index in [-0.39, 0.29) is 30.6 Å². The number of fused-ring (bicyclic) bond motifs is 2. The SMILES string of the molecule is Cc1ccc2cc(C#CCO[C@@]3(C)C[C@@H](C)C4=NCCN5C(=O)O[C@](C)([C@@H](C)OC(=O)[C@H](C)C(=O)[C@H](C)[C@H]3O[C@H]3O[C@@H](C)C[C@@H](N(C)C)C3O)[C@H]5[C@H]4C)ccc2c1. The smallest absolute Gasteiger partial charge is 0.410 e. The monoisotopic (exact) mass is 787 g/mol. The van der Waals surface area contributed by atoms with Gasteiger partial charge in [-0.05, 0) is 97.3 Å². The van der Waals surface area contributed by atoms with Crippen molar-refractivity contribution in [2.75, 3.05) is 33.8 Å². The molecule has 0 radical (unpaired) electrons. The first kappa shape index (κ1) is 42.7. The highest BCUT2D eigenvalue weighted by molar-refractivity contribution is 6.00. The van der Waals surface area contributed by atoms with Gasteiger partial charge in [-0.15, -0.1) is 0 Å². The third kappa shape index (κ3) is 8.51. The second-order valence-electron chi connectivity index (χ2n) is 17.5. The van der Waals surface area contributed by atoms with Crippen LogP contribution in [0.3, 0.4) is 0 Å². The molecule has 0 saturated carbocycles. The van der Waals surface area contributed by atoms with Gasteiger partial charge in [-0.3, -0.25) is 19.5 Å². The van der Waals surface area contributed by atoms with Gasteiger partial charge in [0.25, 0.3) is 0 Å². The number of benzene rings is 2. The number of ether oxygens (including phenoxy) is 5. The van der Waals surface area contributed by atoms with E-state index in [4.69, 9.17) is 28.7 Å². The fourth-order valence-electron chi connectivity index (χ4n) is 9.64. The third-order valence-corrected chi connectivity index (χ3v) is 12.9. The molecule has 4 aliphatic rings. The Balaban J connectivity index is 1.42. The van der Waals surface area contributed by atoms with Crippen molar-refractivity contribution in [2.24, 2.45) is 28.7 Å². The van der Waals surface area contributed by atoms with E-state index < -0.39 is 71.5 Å². The molecule has 12 heteroatoms. The summed E-state index contributed by atoms with van der Waals surface area (Å²) in [4.78, 5) is 50.4. The fraction of sp³-hybridized carbons (Fsp3) is 0.644. The number of carbonyl (C=O) groups excluding carboxylic acids is 3. The van der Waals surface area contributed by atoms with E-state index in [1.54, 1.807) is 25.7 Å². The maximum Gasteiger partial charge on any atom is 0.410 e. The Kier molecular flexibility index (Phi) is 12.6. The molecule has 0 aromatic heterocycles. The van der Waals surface area contributed by atoms with Crippen LogP contribution in [0.5, 0.6) is 0 Å². The van der Waals surface area contributed by atoms with Gasteiger partial charge in [0, 0.05) is 35.7 Å². The molecule has 13 atom stereocenters. The van der Waals surface area contributed by atoms with Gasteiger partial charge in [-0.2, -0.15) is 0 Å². The Bertz CT molecular complexity index is 1940. The number of rotatable bonds is 5. The molecule has 4 aliphatic heterocycles. The first-order valence-electron chi connectivity index (χ1n) is 20.4. The highest BCUT2D eigenvalue weighted by Crippen LogP contribution is 2.43. The molecule has 4 heterocycles. The van der Waals surface area contributed by atoms with E-state index in [2.05, 4.69) is 50.0 Å². The minimum Gasteiger partial charge on any atom is -0.458 e. The molecule has 2 aromatic rings. The lowest BCUT2D eigenvalue weighted by Gasteiger charge is -2.47. The molecule has 12 nitrogen and oxygen atoms in total. The number of likely N-dealkylation sites (N-methyl/N-ethyl adjacent to an activating group) is 1. The van der Waals surface area contributed by atoms with Crippen molar-refractivity contribution in [1.29, 1.82) is 0 Å². The van der Waals surface area contributed by atoms with Crippen LogP contribution in [0.4, 0.5) is 4.79 Å². The van der Waals surface area contributed by atoms with E-state index in [9.17, 15) is 19.5 Å². The normalized spacial score (nSPS) is 37.8. The summed E-state index contributed by atoms with van der Waals surface area (Å²) in [5, 5.41) is 13.9. The highest BCUT2D eigenvalue weighted by Gasteiger charge is 2.60. The zero-order chi connectivity index (χ0) is 41.6. The molecule has 1 unspecified atom stereocenters. The molecule has 0 spiro atoms. The summed E-state index contributed by atoms with van der Waals surface area (Å²) < 4.78 is 32.0. The largest absolute Gasteiger partial charge is 0.458 e. The summed E-state index contributed by atoms with van der Waals surface area (Å²) in [5.41, 5.74) is 0.441. The average Bonchev–Trinajstić information content (AvgIpc) is 3.29. The number of amides is 1. The van der Waals surface area contributed by atoms with Gasteiger partial charge < -0.3 is 33.7 Å². The number of nitrogens with zero attached hydrogens (tertiary/aromatic N) is 3. The topological polar surface area (TPSA) is 136 Å². The van der Waals surface area contributed by atoms with Gasteiger partial charge in [-0.25, -0.2) is 4.79 Å². The summed E-state index contributed by atoms with van der Waals surface area (Å²) in [7, 11) is 3.80. The predicted octanol–water partition coefficient (Wildman–Crippen LogP) is 5.57. The number of esters is 1. The zero-order valence-corrected chi connectivity index (χ0v) is 35.4. The van der Waals surface area contributed by atoms with E-state index in [1.807, 2.05) is 51.9 Å². The van der Waals surface area contributed by atoms with Crippen molar-refractivity contribution in [2.45, 2.75) is 129 Å². The van der Waals surface area contributed by atoms with E-state index >= 15 is 0 Å². The Hall–Kier alpha value is -3.86. The number of ketones is 1. The van der Waals surface area contributed by atoms with Crippen LogP contribution in [0.1, 0.15) is 79.4 Å². The number of aliphatic hydroxyl groups excluding tert-OH is 1. The minimum absolute atomic E-state index is 0.00527. The van der Waals surface area contributed by atoms with Crippen molar-refractivity contribution >= 4 is 34.3 Å². The van der Waals surface area contributed by atoms with E-state index in [0.717, 1.165) is 22.0 Å². The van der Waals surface area contributed by atoms with Crippen LogP contribution < -0.4 is 0 Å². The van der Waals surface area contributed by atoms with E-state index in [0.29, 0.717) is 25.9 Å². The predicted molar refractivity (Wildman–Crippen MR) is 217 cm³/mol. The zero-order valence-electron chi connectivity index (χ0n) is 35.4. The van der Waals surface area contributed by atoms with Crippen LogP contribution in [0.15, 0.2) is 41.4 Å². The molecule has 3 saturated heterocycles. The second kappa shape index (κ2) is 16.8. The number of aliphatic imine (C=N–C) groups is 1. The van der Waals surface area contributed by atoms with Crippen molar-refractivity contribution in [3.63, 3.8) is 0 Å². The molecule has 1 amide bonds. The molecule has 0 aliphatic carbocycles. The summed E-state index contributed by atoms with van der Waals surface area (Å²) >= 11 is 0. The van der Waals surface area contributed by atoms with Gasteiger partial charge in [0.2, 0.25) is 0 Å². The first-order chi connectivity index (χ1) is 26.8. The van der Waals surface area contributed by atoms with Gasteiger partial charge in [0.05, 0.1) is 30.4 Å². The number of aryl methyl sites for hydroxylation is 1. The summed E-state index contributed by atoms with van der Waals surface area (Å²) in [6.07, 6.45) is -3.83. The Morgan fingerprint density at radius 3 is 2.42 bits per heavy atom. The van der Waals surface area contributed by atoms with Crippen molar-refractivity contribution in [3.05, 3.63) is 47.5 Å². The van der Waals surface area contributed by atoms with Gasteiger partial charge in [0.1, 0.15) is 24.7 Å². The van der Waals surface area contributed by atoms with Crippen LogP contribution in [-0.4, -0.2) is 126 Å². The Morgan fingerprint density at radius 2 is 1.70 bits per heavy atom. The summed E-state index contributed by atoms with van der Waals surface area (Å²) in [5.74, 6) is 2.66. The number of hydrogen-bond acceptors (Lipinski definition) is 11. The Morgan fingerprint density at radius 1 is 1.00 bits per heavy atom. The van der Waals surface area contributed by atoms with Gasteiger partial charge >= 0.3 is 12.1 Å². The molecule has 6 rings (SSSR count). The fourth-order valence-corrected chi connectivity index (χ4v) is 9.64. The lowest BCUT2D eigenvalue weighted by atomic mass is 9.73.